The molecule has 2 amide bonds. The summed E-state index contributed by atoms with van der Waals surface area (Å²) in [6, 6.07) is 0. The number of carbonyl (C=O) groups excluding carboxylic acids is 2. The second kappa shape index (κ2) is 8.21. The lowest BCUT2D eigenvalue weighted by molar-refractivity contribution is -0.138. The Bertz CT molecular complexity index is 259. The minimum Gasteiger partial charge on any atom is -0.346 e. The molecule has 0 spiro atoms. The molecule has 0 radical (unpaired) electrons. The summed E-state index contributed by atoms with van der Waals surface area (Å²) in [5, 5.41) is 3.90. The quantitative estimate of drug-likeness (QED) is 0.678. The van der Waals surface area contributed by atoms with Crippen molar-refractivity contribution in [3.8, 4) is 0 Å². The smallest absolute Gasteiger partial charge is 0.346 e. The molecule has 0 aliphatic heterocycles. The van der Waals surface area contributed by atoms with Crippen molar-refractivity contribution in [2.75, 3.05) is 24.6 Å². The van der Waals surface area contributed by atoms with Gasteiger partial charge in [-0.25, -0.2) is 0 Å². The molecule has 0 saturated heterocycles. The third-order valence-electron chi connectivity index (χ3n) is 1.51. The van der Waals surface area contributed by atoms with E-state index in [1.807, 2.05) is 6.92 Å². The van der Waals surface area contributed by atoms with E-state index in [9.17, 15) is 22.8 Å². The van der Waals surface area contributed by atoms with Crippen molar-refractivity contribution < 1.29 is 22.8 Å². The predicted octanol–water partition coefficient (Wildman–Crippen LogP) is 0.924. The molecule has 8 heteroatoms. The average Bonchev–Trinajstić information content (AvgIpc) is 2.23. The van der Waals surface area contributed by atoms with Gasteiger partial charge < -0.3 is 10.6 Å². The standard InChI is InChI=1S/C9H15F3N2O2S/c1-2-3-17-5-8(16)13-4-7(15)14-6-9(10,11)12/h2-6H2,1H3,(H,13,16)(H,14,15). The fourth-order valence-corrected chi connectivity index (χ4v) is 1.52. The van der Waals surface area contributed by atoms with Crippen molar-refractivity contribution >= 4 is 23.6 Å². The van der Waals surface area contributed by atoms with Crippen molar-refractivity contribution in [2.45, 2.75) is 19.5 Å². The maximum Gasteiger partial charge on any atom is 0.405 e. The first-order chi connectivity index (χ1) is 7.85. The molecule has 100 valence electrons. The summed E-state index contributed by atoms with van der Waals surface area (Å²) in [6.45, 7) is 0.156. The lowest BCUT2D eigenvalue weighted by Gasteiger charge is -2.08. The number of amides is 2. The fourth-order valence-electron chi connectivity index (χ4n) is 0.800. The first-order valence-corrected chi connectivity index (χ1v) is 6.18. The molecule has 4 nitrogen and oxygen atoms in total. The van der Waals surface area contributed by atoms with Crippen LogP contribution in [0.2, 0.25) is 0 Å². The Kier molecular flexibility index (Phi) is 7.77. The highest BCUT2D eigenvalue weighted by Gasteiger charge is 2.27. The second-order valence-corrected chi connectivity index (χ2v) is 4.33. The zero-order valence-electron chi connectivity index (χ0n) is 9.39. The van der Waals surface area contributed by atoms with Crippen molar-refractivity contribution in [3.63, 3.8) is 0 Å². The normalized spacial score (nSPS) is 11.1. The summed E-state index contributed by atoms with van der Waals surface area (Å²) in [4.78, 5) is 22.0. The number of halogens is 3. The molecule has 0 heterocycles. The van der Waals surface area contributed by atoms with Gasteiger partial charge in [-0.15, -0.1) is 0 Å². The van der Waals surface area contributed by atoms with Crippen LogP contribution in [-0.2, 0) is 9.59 Å². The molecule has 0 bridgehead atoms. The average molecular weight is 272 g/mol. The highest BCUT2D eigenvalue weighted by atomic mass is 32.2. The zero-order chi connectivity index (χ0) is 13.3. The maximum atomic E-state index is 11.7. The first-order valence-electron chi connectivity index (χ1n) is 5.03. The van der Waals surface area contributed by atoms with Gasteiger partial charge in [-0.05, 0) is 12.2 Å². The molecule has 0 aromatic carbocycles. The van der Waals surface area contributed by atoms with E-state index in [0.717, 1.165) is 12.2 Å². The van der Waals surface area contributed by atoms with Gasteiger partial charge in [0.1, 0.15) is 6.54 Å². The topological polar surface area (TPSA) is 58.2 Å². The molecular formula is C9H15F3N2O2S. The van der Waals surface area contributed by atoms with Crippen molar-refractivity contribution in [2.24, 2.45) is 0 Å². The van der Waals surface area contributed by atoms with E-state index in [-0.39, 0.29) is 11.7 Å². The first kappa shape index (κ1) is 16.1. The Morgan fingerprint density at radius 1 is 1.18 bits per heavy atom. The summed E-state index contributed by atoms with van der Waals surface area (Å²) >= 11 is 1.41. The highest BCUT2D eigenvalue weighted by molar-refractivity contribution is 7.99. The third kappa shape index (κ3) is 11.3. The van der Waals surface area contributed by atoms with Crippen LogP contribution in [0, 0.1) is 0 Å². The molecule has 0 atom stereocenters. The van der Waals surface area contributed by atoms with Gasteiger partial charge >= 0.3 is 6.18 Å². The van der Waals surface area contributed by atoms with Gasteiger partial charge in [-0.3, -0.25) is 9.59 Å². The Labute approximate surface area is 102 Å². The van der Waals surface area contributed by atoms with Gasteiger partial charge in [-0.2, -0.15) is 24.9 Å². The Hall–Kier alpha value is -0.920. The summed E-state index contributed by atoms with van der Waals surface area (Å²) < 4.78 is 35.1. The maximum absolute atomic E-state index is 11.7. The van der Waals surface area contributed by atoms with Crippen LogP contribution < -0.4 is 10.6 Å². The van der Waals surface area contributed by atoms with E-state index in [2.05, 4.69) is 5.32 Å². The van der Waals surface area contributed by atoms with Crippen LogP contribution in [0.1, 0.15) is 13.3 Å². The molecule has 0 saturated carbocycles. The summed E-state index contributed by atoms with van der Waals surface area (Å²) in [7, 11) is 0. The van der Waals surface area contributed by atoms with Crippen LogP contribution in [0.3, 0.4) is 0 Å². The SMILES string of the molecule is CCCSCC(=O)NCC(=O)NCC(F)(F)F. The molecule has 17 heavy (non-hydrogen) atoms. The molecule has 0 unspecified atom stereocenters. The molecule has 0 fully saturated rings. The lowest BCUT2D eigenvalue weighted by atomic mass is 10.5. The molecule has 0 aromatic rings. The van der Waals surface area contributed by atoms with E-state index in [4.69, 9.17) is 0 Å². The number of hydrogen-bond donors (Lipinski definition) is 2. The number of alkyl halides is 3. The molecule has 0 aromatic heterocycles. The van der Waals surface area contributed by atoms with E-state index in [0.29, 0.717) is 0 Å². The van der Waals surface area contributed by atoms with Gasteiger partial charge in [0, 0.05) is 0 Å². The number of rotatable bonds is 7. The third-order valence-corrected chi connectivity index (χ3v) is 2.68. The predicted molar refractivity (Wildman–Crippen MR) is 59.7 cm³/mol. The van der Waals surface area contributed by atoms with Crippen LogP contribution in [0.5, 0.6) is 0 Å². The van der Waals surface area contributed by atoms with Gasteiger partial charge in [0.2, 0.25) is 11.8 Å². The molecule has 2 N–H and O–H groups in total. The Morgan fingerprint density at radius 2 is 1.82 bits per heavy atom. The largest absolute Gasteiger partial charge is 0.405 e. The van der Waals surface area contributed by atoms with E-state index < -0.39 is 25.2 Å². The van der Waals surface area contributed by atoms with E-state index in [1.54, 1.807) is 5.32 Å². The van der Waals surface area contributed by atoms with Gasteiger partial charge in [0.05, 0.1) is 12.3 Å². The van der Waals surface area contributed by atoms with Crippen molar-refractivity contribution in [1.29, 1.82) is 0 Å². The molecule has 0 aliphatic rings. The number of nitrogens with one attached hydrogen (secondary N) is 2. The molecule has 0 aliphatic carbocycles. The summed E-state index contributed by atoms with van der Waals surface area (Å²) in [5.74, 6) is -0.171. The lowest BCUT2D eigenvalue weighted by Crippen LogP contribution is -2.41. The van der Waals surface area contributed by atoms with Crippen LogP contribution in [0.4, 0.5) is 13.2 Å². The zero-order valence-corrected chi connectivity index (χ0v) is 10.2. The highest BCUT2D eigenvalue weighted by Crippen LogP contribution is 2.11. The Morgan fingerprint density at radius 3 is 2.35 bits per heavy atom. The minimum atomic E-state index is -4.43. The van der Waals surface area contributed by atoms with Crippen LogP contribution >= 0.6 is 11.8 Å². The monoisotopic (exact) mass is 272 g/mol. The van der Waals surface area contributed by atoms with E-state index >= 15 is 0 Å². The summed E-state index contributed by atoms with van der Waals surface area (Å²) in [6.07, 6.45) is -3.50. The number of thioether (sulfide) groups is 1. The van der Waals surface area contributed by atoms with Crippen LogP contribution in [0.15, 0.2) is 0 Å². The minimum absolute atomic E-state index is 0.209. The summed E-state index contributed by atoms with van der Waals surface area (Å²) in [5.41, 5.74) is 0. The fraction of sp³-hybridized carbons (Fsp3) is 0.778. The molecule has 0 rings (SSSR count). The Balaban J connectivity index is 3.59. The second-order valence-electron chi connectivity index (χ2n) is 3.22. The van der Waals surface area contributed by atoms with Crippen LogP contribution in [-0.4, -0.2) is 42.6 Å². The number of carbonyl (C=O) groups is 2. The van der Waals surface area contributed by atoms with Gasteiger partial charge in [-0.1, -0.05) is 6.92 Å². The van der Waals surface area contributed by atoms with Crippen LogP contribution in [0.25, 0.3) is 0 Å². The van der Waals surface area contributed by atoms with E-state index in [1.165, 1.54) is 11.8 Å². The molecular weight excluding hydrogens is 257 g/mol. The van der Waals surface area contributed by atoms with Crippen molar-refractivity contribution in [1.82, 2.24) is 10.6 Å². The number of hydrogen-bond acceptors (Lipinski definition) is 3. The van der Waals surface area contributed by atoms with Gasteiger partial charge in [0.25, 0.3) is 0 Å². The van der Waals surface area contributed by atoms with Crippen molar-refractivity contribution in [3.05, 3.63) is 0 Å². The van der Waals surface area contributed by atoms with Gasteiger partial charge in [0.15, 0.2) is 0 Å².